The Labute approximate surface area is 197 Å². The summed E-state index contributed by atoms with van der Waals surface area (Å²) in [6, 6.07) is 18.0. The Morgan fingerprint density at radius 2 is 1.76 bits per heavy atom. The molecule has 0 saturated heterocycles. The number of nitrogens with zero attached hydrogens (tertiary/aromatic N) is 4. The molecule has 0 fully saturated rings. The van der Waals surface area contributed by atoms with Crippen LogP contribution >= 0.6 is 15.9 Å². The van der Waals surface area contributed by atoms with Crippen molar-refractivity contribution in [2.24, 2.45) is 0 Å². The summed E-state index contributed by atoms with van der Waals surface area (Å²) in [5.74, 6) is -1.28. The van der Waals surface area contributed by atoms with Crippen molar-refractivity contribution in [1.82, 2.24) is 20.2 Å². The Hall–Kier alpha value is -3.69. The first kappa shape index (κ1) is 21.2. The average Bonchev–Trinajstić information content (AvgIpc) is 3.24. The number of carbonyl (C=O) groups excluding carboxylic acids is 2. The minimum Gasteiger partial charge on any atom is -0.283 e. The summed E-state index contributed by atoms with van der Waals surface area (Å²) in [5, 5.41) is 5.99. The standard InChI is InChI=1S/C24H17BrFN5O2/c25-19-14-17(10-11-27-19)20-21(15-6-8-18(26)9-7-15)29-30-13-12-28-31(23(20)30)24(33)22(32)16-4-2-1-3-5-16/h1-11,14,28H,12-13H2. The number of aromatic nitrogens is 3. The Balaban J connectivity index is 1.68. The number of carbonyl (C=O) groups is 2. The zero-order valence-corrected chi connectivity index (χ0v) is 18.8. The van der Waals surface area contributed by atoms with E-state index >= 15 is 0 Å². The fourth-order valence-electron chi connectivity index (χ4n) is 3.79. The van der Waals surface area contributed by atoms with Crippen molar-refractivity contribution < 1.29 is 14.0 Å². The molecule has 0 radical (unpaired) electrons. The van der Waals surface area contributed by atoms with Gasteiger partial charge in [0.2, 0.25) is 0 Å². The zero-order valence-electron chi connectivity index (χ0n) is 17.2. The molecule has 1 amide bonds. The van der Waals surface area contributed by atoms with Crippen molar-refractivity contribution in [2.75, 3.05) is 11.6 Å². The SMILES string of the molecule is O=C(C(=O)N1NCCn2nc(-c3ccc(F)cc3)c(-c3ccnc(Br)c3)c21)c1ccccc1. The highest BCUT2D eigenvalue weighted by Gasteiger charge is 2.34. The third kappa shape index (κ3) is 3.96. The smallest absolute Gasteiger partial charge is 0.283 e. The van der Waals surface area contributed by atoms with E-state index in [0.29, 0.717) is 45.9 Å². The molecular weight excluding hydrogens is 489 g/mol. The monoisotopic (exact) mass is 505 g/mol. The molecule has 1 N–H and O–H groups in total. The van der Waals surface area contributed by atoms with Crippen LogP contribution in [0.1, 0.15) is 10.4 Å². The van der Waals surface area contributed by atoms with Crippen LogP contribution in [0.2, 0.25) is 0 Å². The molecule has 2 aromatic carbocycles. The van der Waals surface area contributed by atoms with Crippen molar-refractivity contribution in [3.63, 3.8) is 0 Å². The molecule has 3 heterocycles. The summed E-state index contributed by atoms with van der Waals surface area (Å²) in [5.41, 5.74) is 5.96. The molecule has 1 aliphatic rings. The summed E-state index contributed by atoms with van der Waals surface area (Å²) >= 11 is 3.39. The number of hydrogen-bond donors (Lipinski definition) is 1. The van der Waals surface area contributed by atoms with E-state index in [9.17, 15) is 14.0 Å². The number of nitrogens with one attached hydrogen (secondary N) is 1. The van der Waals surface area contributed by atoms with Crippen LogP contribution in [-0.4, -0.2) is 33.0 Å². The molecule has 1 aliphatic heterocycles. The topological polar surface area (TPSA) is 80.1 Å². The predicted molar refractivity (Wildman–Crippen MR) is 125 cm³/mol. The molecule has 0 atom stereocenters. The summed E-state index contributed by atoms with van der Waals surface area (Å²) in [6.45, 7) is 0.893. The third-order valence-electron chi connectivity index (χ3n) is 5.30. The van der Waals surface area contributed by atoms with Gasteiger partial charge in [0.15, 0.2) is 5.82 Å². The lowest BCUT2D eigenvalue weighted by molar-refractivity contribution is -0.115. The van der Waals surface area contributed by atoms with Gasteiger partial charge in [-0.15, -0.1) is 0 Å². The van der Waals surface area contributed by atoms with Gasteiger partial charge in [-0.05, 0) is 57.9 Å². The van der Waals surface area contributed by atoms with Crippen LogP contribution in [-0.2, 0) is 11.3 Å². The molecule has 5 rings (SSSR count). The molecular formula is C24H17BrFN5O2. The van der Waals surface area contributed by atoms with Crippen molar-refractivity contribution in [1.29, 1.82) is 0 Å². The van der Waals surface area contributed by atoms with Crippen molar-refractivity contribution in [3.8, 4) is 22.4 Å². The van der Waals surface area contributed by atoms with Gasteiger partial charge < -0.3 is 0 Å². The average molecular weight is 506 g/mol. The first-order valence-electron chi connectivity index (χ1n) is 10.2. The van der Waals surface area contributed by atoms with Gasteiger partial charge in [0.25, 0.3) is 5.78 Å². The second-order valence-corrected chi connectivity index (χ2v) is 8.20. The number of hydrazine groups is 1. The Kier molecular flexibility index (Phi) is 5.57. The van der Waals surface area contributed by atoms with E-state index < -0.39 is 11.7 Å². The number of amides is 1. The van der Waals surface area contributed by atoms with E-state index in [0.717, 1.165) is 5.56 Å². The lowest BCUT2D eigenvalue weighted by Gasteiger charge is -2.29. The van der Waals surface area contributed by atoms with Crippen molar-refractivity contribution >= 4 is 33.4 Å². The molecule has 0 saturated carbocycles. The van der Waals surface area contributed by atoms with Crippen LogP contribution in [0, 0.1) is 5.82 Å². The third-order valence-corrected chi connectivity index (χ3v) is 5.73. The van der Waals surface area contributed by atoms with Crippen molar-refractivity contribution in [3.05, 3.63) is 88.9 Å². The lowest BCUT2D eigenvalue weighted by Crippen LogP contribution is -2.51. The Morgan fingerprint density at radius 3 is 2.48 bits per heavy atom. The van der Waals surface area contributed by atoms with Gasteiger partial charge in [0.05, 0.1) is 12.1 Å². The molecule has 2 aromatic heterocycles. The summed E-state index contributed by atoms with van der Waals surface area (Å²) in [7, 11) is 0. The zero-order chi connectivity index (χ0) is 22.9. The van der Waals surface area contributed by atoms with Crippen LogP contribution < -0.4 is 10.4 Å². The van der Waals surface area contributed by atoms with Gasteiger partial charge in [0.1, 0.15) is 16.1 Å². The molecule has 0 spiro atoms. The van der Waals surface area contributed by atoms with Gasteiger partial charge >= 0.3 is 5.91 Å². The predicted octanol–water partition coefficient (Wildman–Crippen LogP) is 4.25. The van der Waals surface area contributed by atoms with E-state index in [-0.39, 0.29) is 5.82 Å². The first-order chi connectivity index (χ1) is 16.0. The van der Waals surface area contributed by atoms with Gasteiger partial charge in [-0.25, -0.2) is 24.5 Å². The number of ketones is 1. The largest absolute Gasteiger partial charge is 0.315 e. The number of hydrogen-bond acceptors (Lipinski definition) is 5. The minimum atomic E-state index is -0.720. The fourth-order valence-corrected chi connectivity index (χ4v) is 4.16. The number of fused-ring (bicyclic) bond motifs is 1. The second-order valence-electron chi connectivity index (χ2n) is 7.39. The van der Waals surface area contributed by atoms with Crippen molar-refractivity contribution in [2.45, 2.75) is 6.54 Å². The highest BCUT2D eigenvalue weighted by atomic mass is 79.9. The van der Waals surface area contributed by atoms with E-state index in [2.05, 4.69) is 26.3 Å². The fraction of sp³-hybridized carbons (Fsp3) is 0.0833. The van der Waals surface area contributed by atoms with Gasteiger partial charge in [0, 0.05) is 23.9 Å². The summed E-state index contributed by atoms with van der Waals surface area (Å²) < 4.78 is 15.9. The number of pyridine rings is 1. The van der Waals surface area contributed by atoms with E-state index in [4.69, 9.17) is 5.10 Å². The molecule has 0 aliphatic carbocycles. The number of halogens is 2. The van der Waals surface area contributed by atoms with Gasteiger partial charge in [-0.1, -0.05) is 30.3 Å². The number of rotatable bonds is 4. The Morgan fingerprint density at radius 1 is 1.00 bits per heavy atom. The Bertz CT molecular complexity index is 1360. The molecule has 33 heavy (non-hydrogen) atoms. The molecule has 9 heteroatoms. The molecule has 164 valence electrons. The minimum absolute atomic E-state index is 0.299. The highest BCUT2D eigenvalue weighted by molar-refractivity contribution is 9.10. The van der Waals surface area contributed by atoms with Crippen LogP contribution in [0.3, 0.4) is 0 Å². The normalized spacial score (nSPS) is 13.0. The van der Waals surface area contributed by atoms with Crippen LogP contribution in [0.25, 0.3) is 22.4 Å². The van der Waals surface area contributed by atoms with E-state index in [1.807, 2.05) is 0 Å². The molecule has 0 bridgehead atoms. The van der Waals surface area contributed by atoms with Gasteiger partial charge in [-0.2, -0.15) is 5.10 Å². The summed E-state index contributed by atoms with van der Waals surface area (Å²) in [4.78, 5) is 30.4. The number of benzene rings is 2. The van der Waals surface area contributed by atoms with Crippen LogP contribution in [0.4, 0.5) is 10.2 Å². The highest BCUT2D eigenvalue weighted by Crippen LogP contribution is 2.40. The molecule has 7 nitrogen and oxygen atoms in total. The summed E-state index contributed by atoms with van der Waals surface area (Å²) in [6.07, 6.45) is 1.63. The van der Waals surface area contributed by atoms with Crippen LogP contribution in [0.5, 0.6) is 0 Å². The quantitative estimate of drug-likeness (QED) is 0.255. The lowest BCUT2D eigenvalue weighted by atomic mass is 10.0. The maximum Gasteiger partial charge on any atom is 0.315 e. The maximum atomic E-state index is 13.6. The van der Waals surface area contributed by atoms with E-state index in [1.165, 1.54) is 17.1 Å². The van der Waals surface area contributed by atoms with E-state index in [1.54, 1.807) is 65.5 Å². The van der Waals surface area contributed by atoms with Gasteiger partial charge in [-0.3, -0.25) is 9.59 Å². The number of Topliss-reactive ketones (excluding diaryl/α,β-unsaturated/α-hetero) is 1. The molecule has 4 aromatic rings. The maximum absolute atomic E-state index is 13.6. The second kappa shape index (κ2) is 8.68. The first-order valence-corrected chi connectivity index (χ1v) is 11.0. The molecule has 0 unspecified atom stereocenters. The van der Waals surface area contributed by atoms with Crippen LogP contribution in [0.15, 0.2) is 77.5 Å². The number of anilines is 1.